The minimum atomic E-state index is -1.96. The van der Waals surface area contributed by atoms with E-state index in [1.807, 2.05) is 11.4 Å². The van der Waals surface area contributed by atoms with Gasteiger partial charge in [-0.05, 0) is 36.9 Å². The molecule has 2 heterocycles. The van der Waals surface area contributed by atoms with Crippen molar-refractivity contribution >= 4 is 27.8 Å². The number of amides is 1. The molecule has 3 rings (SSSR count). The first-order chi connectivity index (χ1) is 14.7. The van der Waals surface area contributed by atoms with E-state index in [4.69, 9.17) is 4.74 Å². The summed E-state index contributed by atoms with van der Waals surface area (Å²) in [6, 6.07) is 5.72. The summed E-state index contributed by atoms with van der Waals surface area (Å²) >= 11 is 0. The first-order valence-corrected chi connectivity index (χ1v) is 9.16. The van der Waals surface area contributed by atoms with Crippen LogP contribution < -0.4 is 20.7 Å². The number of carbonyl (C=O) groups excluding carboxylic acids is 1. The maximum Gasteiger partial charge on any atom is 0.266 e. The van der Waals surface area contributed by atoms with Crippen LogP contribution in [0.15, 0.2) is 41.3 Å². The van der Waals surface area contributed by atoms with Gasteiger partial charge in [-0.2, -0.15) is 14.0 Å². The number of carbonyl (C=O) groups is 1. The van der Waals surface area contributed by atoms with Gasteiger partial charge < -0.3 is 24.5 Å². The van der Waals surface area contributed by atoms with E-state index in [1.165, 1.54) is 10.6 Å². The van der Waals surface area contributed by atoms with Crippen LogP contribution in [0.2, 0.25) is 0 Å². The molecule has 1 aromatic carbocycles. The molecule has 31 heavy (non-hydrogen) atoms. The minimum Gasteiger partial charge on any atom is -0.530 e. The Morgan fingerprint density at radius 2 is 2.16 bits per heavy atom. The summed E-state index contributed by atoms with van der Waals surface area (Å²) in [7, 11) is 1.57. The number of fused-ring (bicyclic) bond motifs is 3. The summed E-state index contributed by atoms with van der Waals surface area (Å²) < 4.78 is 31.7. The number of nitrogens with zero attached hydrogens (tertiary/aromatic N) is 3. The average Bonchev–Trinajstić information content (AvgIpc) is 2.72. The van der Waals surface area contributed by atoms with Gasteiger partial charge in [0.05, 0.1) is 28.2 Å². The molecule has 0 aliphatic heterocycles. The van der Waals surface area contributed by atoms with E-state index in [-0.39, 0.29) is 29.9 Å². The zero-order valence-corrected chi connectivity index (χ0v) is 16.6. The van der Waals surface area contributed by atoms with Crippen molar-refractivity contribution in [2.45, 2.75) is 19.4 Å². The summed E-state index contributed by atoms with van der Waals surface area (Å²) in [6.45, 7) is 1.39. The summed E-state index contributed by atoms with van der Waals surface area (Å²) in [5.74, 6) is 0.0879. The standard InChI is InChI=1S/C21H18F2N4O4/c1-11-19-14(5-6-25-11)15-7-12(9-24)17(8-16(15)27(2)20(19)28)31-10-13(26-21(29)30)3-4-18(22)23/h4-8,13,26H,3,10H2,1-2H3,(H,29,30)/p-1. The molecule has 0 aliphatic carbocycles. The SMILES string of the molecule is Cc1nccc2c1c(=O)n(C)c1cc(OCC(CC=C(F)F)NC(=O)[O-])c(C#N)cc21. The first kappa shape index (κ1) is 21.7. The van der Waals surface area contributed by atoms with Gasteiger partial charge in [0, 0.05) is 24.7 Å². The van der Waals surface area contributed by atoms with Gasteiger partial charge in [-0.1, -0.05) is 0 Å². The molecule has 1 amide bonds. The van der Waals surface area contributed by atoms with Crippen LogP contribution in [0.3, 0.4) is 0 Å². The third-order valence-electron chi connectivity index (χ3n) is 4.85. The molecule has 1 unspecified atom stereocenters. The van der Waals surface area contributed by atoms with Gasteiger partial charge in [0.25, 0.3) is 11.6 Å². The van der Waals surface area contributed by atoms with Crippen LogP contribution in [-0.2, 0) is 7.05 Å². The predicted molar refractivity (Wildman–Crippen MR) is 107 cm³/mol. The number of aromatic nitrogens is 2. The number of carboxylic acid groups (broad SMARTS) is 1. The lowest BCUT2D eigenvalue weighted by Gasteiger charge is -2.20. The molecular weight excluding hydrogens is 410 g/mol. The van der Waals surface area contributed by atoms with E-state index in [0.29, 0.717) is 33.4 Å². The van der Waals surface area contributed by atoms with Gasteiger partial charge >= 0.3 is 0 Å². The highest BCUT2D eigenvalue weighted by atomic mass is 19.3. The van der Waals surface area contributed by atoms with Gasteiger partial charge in [0.15, 0.2) is 0 Å². The lowest BCUT2D eigenvalue weighted by molar-refractivity contribution is -0.251. The van der Waals surface area contributed by atoms with Crippen LogP contribution in [0.25, 0.3) is 21.7 Å². The zero-order chi connectivity index (χ0) is 22.7. The van der Waals surface area contributed by atoms with E-state index < -0.39 is 18.2 Å². The summed E-state index contributed by atoms with van der Waals surface area (Å²) in [5, 5.41) is 24.1. The summed E-state index contributed by atoms with van der Waals surface area (Å²) in [5.41, 5.74) is 0.907. The number of hydrogen-bond acceptors (Lipinski definition) is 6. The van der Waals surface area contributed by atoms with E-state index in [1.54, 1.807) is 32.3 Å². The molecule has 1 N–H and O–H groups in total. The van der Waals surface area contributed by atoms with Crippen molar-refractivity contribution in [1.82, 2.24) is 14.9 Å². The molecule has 0 fully saturated rings. The van der Waals surface area contributed by atoms with Crippen molar-refractivity contribution in [3.63, 3.8) is 0 Å². The molecule has 1 atom stereocenters. The van der Waals surface area contributed by atoms with E-state index in [2.05, 4.69) is 4.98 Å². The molecule has 0 spiro atoms. The van der Waals surface area contributed by atoms with Crippen LogP contribution in [0.5, 0.6) is 5.75 Å². The Labute approximate surface area is 175 Å². The van der Waals surface area contributed by atoms with Gasteiger partial charge in [0.1, 0.15) is 24.5 Å². The smallest absolute Gasteiger partial charge is 0.266 e. The van der Waals surface area contributed by atoms with Crippen LogP contribution >= 0.6 is 0 Å². The molecule has 3 aromatic rings. The van der Waals surface area contributed by atoms with Gasteiger partial charge in [-0.3, -0.25) is 9.78 Å². The topological polar surface area (TPSA) is 120 Å². The molecule has 0 saturated carbocycles. The fourth-order valence-corrected chi connectivity index (χ4v) is 3.36. The first-order valence-electron chi connectivity index (χ1n) is 9.16. The Morgan fingerprint density at radius 1 is 1.42 bits per heavy atom. The Bertz CT molecular complexity index is 1310. The Morgan fingerprint density at radius 3 is 2.81 bits per heavy atom. The number of nitrogens with one attached hydrogen (secondary N) is 1. The fraction of sp³-hybridized carbons (Fsp3) is 0.238. The quantitative estimate of drug-likeness (QED) is 0.602. The van der Waals surface area contributed by atoms with E-state index in [0.717, 1.165) is 0 Å². The fourth-order valence-electron chi connectivity index (χ4n) is 3.36. The van der Waals surface area contributed by atoms with E-state index in [9.17, 15) is 28.7 Å². The number of hydrogen-bond donors (Lipinski definition) is 1. The number of halogens is 2. The minimum absolute atomic E-state index is 0.0879. The predicted octanol–water partition coefficient (Wildman–Crippen LogP) is 2.12. The Balaban J connectivity index is 2.07. The van der Waals surface area contributed by atoms with Crippen LogP contribution in [0, 0.1) is 18.3 Å². The van der Waals surface area contributed by atoms with Gasteiger partial charge in [0.2, 0.25) is 0 Å². The van der Waals surface area contributed by atoms with Crippen molar-refractivity contribution in [3.05, 3.63) is 58.2 Å². The second-order valence-corrected chi connectivity index (χ2v) is 6.83. The molecule has 10 heteroatoms. The highest BCUT2D eigenvalue weighted by Crippen LogP contribution is 2.30. The zero-order valence-electron chi connectivity index (χ0n) is 16.6. The largest absolute Gasteiger partial charge is 0.530 e. The molecule has 0 radical (unpaired) electrons. The third kappa shape index (κ3) is 4.45. The number of aryl methyl sites for hydroxylation is 2. The average molecular weight is 427 g/mol. The van der Waals surface area contributed by atoms with Crippen molar-refractivity contribution in [1.29, 1.82) is 5.26 Å². The number of ether oxygens (including phenoxy) is 1. The van der Waals surface area contributed by atoms with Crippen molar-refractivity contribution in [2.24, 2.45) is 7.05 Å². The highest BCUT2D eigenvalue weighted by molar-refractivity contribution is 6.07. The lowest BCUT2D eigenvalue weighted by Crippen LogP contribution is -2.45. The number of benzene rings is 1. The number of rotatable bonds is 6. The third-order valence-corrected chi connectivity index (χ3v) is 4.85. The number of pyridine rings is 2. The maximum absolute atomic E-state index is 12.8. The molecule has 160 valence electrons. The monoisotopic (exact) mass is 427 g/mol. The molecule has 0 aliphatic rings. The van der Waals surface area contributed by atoms with Gasteiger partial charge in [-0.25, -0.2) is 0 Å². The van der Waals surface area contributed by atoms with Gasteiger partial charge in [-0.15, -0.1) is 0 Å². The summed E-state index contributed by atoms with van der Waals surface area (Å²) in [6.07, 6.45) is -1.80. The van der Waals surface area contributed by atoms with E-state index >= 15 is 0 Å². The van der Waals surface area contributed by atoms with Crippen molar-refractivity contribution < 1.29 is 23.4 Å². The second-order valence-electron chi connectivity index (χ2n) is 6.83. The van der Waals surface area contributed by atoms with Crippen molar-refractivity contribution in [3.8, 4) is 11.8 Å². The molecule has 0 saturated heterocycles. The highest BCUT2D eigenvalue weighted by Gasteiger charge is 2.16. The van der Waals surface area contributed by atoms with Crippen LogP contribution in [0.4, 0.5) is 13.6 Å². The normalized spacial score (nSPS) is 11.7. The molecule has 0 bridgehead atoms. The molecular formula is C21H17F2N4O4-. The molecule has 8 nitrogen and oxygen atoms in total. The Hall–Kier alpha value is -4.00. The lowest BCUT2D eigenvalue weighted by atomic mass is 10.0. The van der Waals surface area contributed by atoms with Crippen LogP contribution in [0.1, 0.15) is 17.7 Å². The van der Waals surface area contributed by atoms with Crippen molar-refractivity contribution in [2.75, 3.05) is 6.61 Å². The Kier molecular flexibility index (Phi) is 6.15. The maximum atomic E-state index is 12.8. The second kappa shape index (κ2) is 8.79. The molecule has 2 aromatic heterocycles. The number of nitriles is 1. The van der Waals surface area contributed by atoms with Crippen LogP contribution in [-0.4, -0.2) is 28.3 Å². The summed E-state index contributed by atoms with van der Waals surface area (Å²) in [4.78, 5) is 27.8.